The Balaban J connectivity index is 2.07. The SMILES string of the molecule is CCN(CC(=O)N[C@H](C)c1ccc(Br)cc1)S(=O)(=O)c1ccc(Br)cc1. The zero-order chi connectivity index (χ0) is 19.3. The van der Waals surface area contributed by atoms with Crippen LogP contribution in [0.3, 0.4) is 0 Å². The van der Waals surface area contributed by atoms with Gasteiger partial charge >= 0.3 is 0 Å². The molecule has 0 saturated heterocycles. The van der Waals surface area contributed by atoms with Crippen molar-refractivity contribution in [3.8, 4) is 0 Å². The summed E-state index contributed by atoms with van der Waals surface area (Å²) in [6.07, 6.45) is 0. The highest BCUT2D eigenvalue weighted by Crippen LogP contribution is 2.19. The first-order valence-electron chi connectivity index (χ1n) is 8.04. The van der Waals surface area contributed by atoms with Gasteiger partial charge in [-0.15, -0.1) is 0 Å². The van der Waals surface area contributed by atoms with Crippen molar-refractivity contribution >= 4 is 47.8 Å². The number of nitrogens with one attached hydrogen (secondary N) is 1. The standard InChI is InChI=1S/C18H20Br2N2O3S/c1-3-22(26(24,25)17-10-8-16(20)9-11-17)12-18(23)21-13(2)14-4-6-15(19)7-5-14/h4-11,13H,3,12H2,1-2H3,(H,21,23)/t13-/m1/s1. The molecular weight excluding hydrogens is 484 g/mol. The maximum absolute atomic E-state index is 12.7. The third-order valence-electron chi connectivity index (χ3n) is 3.87. The van der Waals surface area contributed by atoms with Crippen LogP contribution < -0.4 is 5.32 Å². The van der Waals surface area contributed by atoms with Crippen LogP contribution in [0.2, 0.25) is 0 Å². The van der Waals surface area contributed by atoms with Crippen molar-refractivity contribution in [2.75, 3.05) is 13.1 Å². The molecule has 0 fully saturated rings. The summed E-state index contributed by atoms with van der Waals surface area (Å²) in [5, 5.41) is 2.85. The molecule has 0 saturated carbocycles. The fourth-order valence-corrected chi connectivity index (χ4v) is 4.34. The predicted octanol–water partition coefficient (Wildman–Crippen LogP) is 4.10. The Kier molecular flexibility index (Phi) is 7.40. The molecule has 0 bridgehead atoms. The summed E-state index contributed by atoms with van der Waals surface area (Å²) in [7, 11) is -3.72. The summed E-state index contributed by atoms with van der Waals surface area (Å²) in [6.45, 7) is 3.55. The van der Waals surface area contributed by atoms with E-state index in [1.54, 1.807) is 19.1 Å². The average Bonchev–Trinajstić information content (AvgIpc) is 2.60. The maximum atomic E-state index is 12.7. The number of rotatable bonds is 7. The molecule has 8 heteroatoms. The number of halogens is 2. The first-order valence-corrected chi connectivity index (χ1v) is 11.1. The topological polar surface area (TPSA) is 66.5 Å². The van der Waals surface area contributed by atoms with E-state index in [4.69, 9.17) is 0 Å². The molecule has 1 N–H and O–H groups in total. The molecule has 0 unspecified atom stereocenters. The van der Waals surface area contributed by atoms with Gasteiger partial charge in [-0.3, -0.25) is 4.79 Å². The Labute approximate surface area is 171 Å². The van der Waals surface area contributed by atoms with Crippen molar-refractivity contribution in [1.82, 2.24) is 9.62 Å². The Hall–Kier alpha value is -1.22. The lowest BCUT2D eigenvalue weighted by Gasteiger charge is -2.22. The molecule has 0 heterocycles. The van der Waals surface area contributed by atoms with E-state index < -0.39 is 10.0 Å². The zero-order valence-electron chi connectivity index (χ0n) is 14.4. The summed E-state index contributed by atoms with van der Waals surface area (Å²) in [4.78, 5) is 12.5. The summed E-state index contributed by atoms with van der Waals surface area (Å²) in [5.41, 5.74) is 0.945. The number of likely N-dealkylation sites (N-methyl/N-ethyl adjacent to an activating group) is 1. The number of carbonyl (C=O) groups excluding carboxylic acids is 1. The highest BCUT2D eigenvalue weighted by atomic mass is 79.9. The Morgan fingerprint density at radius 2 is 1.54 bits per heavy atom. The first-order chi connectivity index (χ1) is 12.2. The Morgan fingerprint density at radius 1 is 1.04 bits per heavy atom. The molecule has 0 aliphatic rings. The second kappa shape index (κ2) is 9.12. The molecule has 2 aromatic carbocycles. The molecule has 0 radical (unpaired) electrons. The van der Waals surface area contributed by atoms with Gasteiger partial charge in [0.15, 0.2) is 0 Å². The minimum atomic E-state index is -3.72. The van der Waals surface area contributed by atoms with Gasteiger partial charge in [0.25, 0.3) is 0 Å². The molecule has 0 aromatic heterocycles. The molecule has 5 nitrogen and oxygen atoms in total. The van der Waals surface area contributed by atoms with Gasteiger partial charge in [-0.05, 0) is 48.9 Å². The molecule has 0 aliphatic carbocycles. The molecule has 2 aromatic rings. The fourth-order valence-electron chi connectivity index (χ4n) is 2.40. The van der Waals surface area contributed by atoms with Crippen LogP contribution in [0, 0.1) is 0 Å². The van der Waals surface area contributed by atoms with Gasteiger partial charge in [-0.2, -0.15) is 4.31 Å². The van der Waals surface area contributed by atoms with Crippen LogP contribution in [0.15, 0.2) is 62.4 Å². The first kappa shape index (κ1) is 21.1. The van der Waals surface area contributed by atoms with Crippen molar-refractivity contribution in [1.29, 1.82) is 0 Å². The van der Waals surface area contributed by atoms with Gasteiger partial charge in [0.1, 0.15) is 0 Å². The number of amides is 1. The van der Waals surface area contributed by atoms with Crippen LogP contribution >= 0.6 is 31.9 Å². The largest absolute Gasteiger partial charge is 0.348 e. The van der Waals surface area contributed by atoms with E-state index in [-0.39, 0.29) is 29.9 Å². The van der Waals surface area contributed by atoms with Gasteiger partial charge < -0.3 is 5.32 Å². The van der Waals surface area contributed by atoms with Crippen LogP contribution in [0.1, 0.15) is 25.5 Å². The number of hydrogen-bond acceptors (Lipinski definition) is 3. The van der Waals surface area contributed by atoms with E-state index in [0.29, 0.717) is 0 Å². The molecule has 140 valence electrons. The van der Waals surface area contributed by atoms with E-state index in [0.717, 1.165) is 14.5 Å². The van der Waals surface area contributed by atoms with Crippen molar-refractivity contribution in [2.24, 2.45) is 0 Å². The second-order valence-electron chi connectivity index (χ2n) is 5.73. The lowest BCUT2D eigenvalue weighted by Crippen LogP contribution is -2.41. The number of carbonyl (C=O) groups is 1. The smallest absolute Gasteiger partial charge is 0.243 e. The highest BCUT2D eigenvalue weighted by Gasteiger charge is 2.25. The van der Waals surface area contributed by atoms with Gasteiger partial charge in [0.05, 0.1) is 17.5 Å². The van der Waals surface area contributed by atoms with Crippen LogP contribution in [0.25, 0.3) is 0 Å². The number of nitrogens with zero attached hydrogens (tertiary/aromatic N) is 1. The Bertz CT molecular complexity index is 853. The van der Waals surface area contributed by atoms with Crippen molar-refractivity contribution < 1.29 is 13.2 Å². The molecule has 0 spiro atoms. The molecule has 26 heavy (non-hydrogen) atoms. The highest BCUT2D eigenvalue weighted by molar-refractivity contribution is 9.10. The third-order valence-corrected chi connectivity index (χ3v) is 6.86. The van der Waals surface area contributed by atoms with Gasteiger partial charge in [0.2, 0.25) is 15.9 Å². The maximum Gasteiger partial charge on any atom is 0.243 e. The summed E-state index contributed by atoms with van der Waals surface area (Å²) < 4.78 is 28.4. The quantitative estimate of drug-likeness (QED) is 0.618. The molecule has 2 rings (SSSR count). The van der Waals surface area contributed by atoms with E-state index in [9.17, 15) is 13.2 Å². The number of sulfonamides is 1. The minimum Gasteiger partial charge on any atom is -0.348 e. The normalized spacial score (nSPS) is 12.8. The van der Waals surface area contributed by atoms with Crippen LogP contribution in [-0.2, 0) is 14.8 Å². The van der Waals surface area contributed by atoms with E-state index >= 15 is 0 Å². The van der Waals surface area contributed by atoms with E-state index in [1.165, 1.54) is 16.4 Å². The Morgan fingerprint density at radius 3 is 2.04 bits per heavy atom. The predicted molar refractivity (Wildman–Crippen MR) is 109 cm³/mol. The summed E-state index contributed by atoms with van der Waals surface area (Å²) in [6, 6.07) is 13.8. The molecule has 0 aliphatic heterocycles. The summed E-state index contributed by atoms with van der Waals surface area (Å²) >= 11 is 6.66. The van der Waals surface area contributed by atoms with Crippen LogP contribution in [-0.4, -0.2) is 31.7 Å². The van der Waals surface area contributed by atoms with E-state index in [1.807, 2.05) is 31.2 Å². The third kappa shape index (κ3) is 5.39. The molecular formula is C18H20Br2N2O3S. The van der Waals surface area contributed by atoms with Crippen LogP contribution in [0.5, 0.6) is 0 Å². The minimum absolute atomic E-state index is 0.163. The lowest BCUT2D eigenvalue weighted by molar-refractivity contribution is -0.121. The van der Waals surface area contributed by atoms with Crippen molar-refractivity contribution in [2.45, 2.75) is 24.8 Å². The number of benzene rings is 2. The molecule has 1 atom stereocenters. The van der Waals surface area contributed by atoms with E-state index in [2.05, 4.69) is 37.2 Å². The van der Waals surface area contributed by atoms with Crippen LogP contribution in [0.4, 0.5) is 0 Å². The average molecular weight is 504 g/mol. The van der Waals surface area contributed by atoms with Gasteiger partial charge in [-0.1, -0.05) is 50.9 Å². The zero-order valence-corrected chi connectivity index (χ0v) is 18.4. The molecule has 1 amide bonds. The lowest BCUT2D eigenvalue weighted by atomic mass is 10.1. The van der Waals surface area contributed by atoms with Gasteiger partial charge in [0, 0.05) is 15.5 Å². The monoisotopic (exact) mass is 502 g/mol. The number of hydrogen-bond donors (Lipinski definition) is 1. The second-order valence-corrected chi connectivity index (χ2v) is 9.50. The fraction of sp³-hybridized carbons (Fsp3) is 0.278. The van der Waals surface area contributed by atoms with Crippen molar-refractivity contribution in [3.63, 3.8) is 0 Å². The summed E-state index contributed by atoms with van der Waals surface area (Å²) in [5.74, 6) is -0.344. The van der Waals surface area contributed by atoms with Crippen molar-refractivity contribution in [3.05, 3.63) is 63.0 Å². The van der Waals surface area contributed by atoms with Gasteiger partial charge in [-0.25, -0.2) is 8.42 Å².